The van der Waals surface area contributed by atoms with E-state index in [1.165, 1.54) is 11.3 Å². The topological polar surface area (TPSA) is 101 Å². The molecule has 172 valence electrons. The van der Waals surface area contributed by atoms with Gasteiger partial charge in [-0.3, -0.25) is 9.59 Å². The molecule has 0 radical (unpaired) electrons. The summed E-state index contributed by atoms with van der Waals surface area (Å²) in [4.78, 5) is 44.2. The molecule has 0 atom stereocenters. The Bertz CT molecular complexity index is 1210. The van der Waals surface area contributed by atoms with E-state index < -0.39 is 5.60 Å². The van der Waals surface area contributed by atoms with Crippen molar-refractivity contribution in [3.63, 3.8) is 0 Å². The van der Waals surface area contributed by atoms with Gasteiger partial charge < -0.3 is 20.3 Å². The van der Waals surface area contributed by atoms with Gasteiger partial charge in [-0.15, -0.1) is 0 Å². The molecule has 2 aromatic carbocycles. The van der Waals surface area contributed by atoms with Crippen LogP contribution in [0.25, 0.3) is 10.8 Å². The first-order chi connectivity index (χ1) is 15.7. The summed E-state index contributed by atoms with van der Waals surface area (Å²) in [6, 6.07) is 13.2. The Morgan fingerprint density at radius 1 is 1.12 bits per heavy atom. The highest BCUT2D eigenvalue weighted by Crippen LogP contribution is 2.29. The summed E-state index contributed by atoms with van der Waals surface area (Å²) in [7, 11) is 0. The van der Waals surface area contributed by atoms with Crippen molar-refractivity contribution in [3.05, 3.63) is 58.6 Å². The van der Waals surface area contributed by atoms with Crippen molar-refractivity contribution in [2.45, 2.75) is 39.3 Å². The van der Waals surface area contributed by atoms with Crippen LogP contribution in [0.1, 0.15) is 41.7 Å². The third-order valence-corrected chi connectivity index (χ3v) is 6.05. The van der Waals surface area contributed by atoms with Crippen molar-refractivity contribution in [2.24, 2.45) is 0 Å². The van der Waals surface area contributed by atoms with Gasteiger partial charge in [-0.2, -0.15) is 0 Å². The number of amides is 3. The molecule has 4 rings (SSSR count). The van der Waals surface area contributed by atoms with E-state index in [9.17, 15) is 14.4 Å². The van der Waals surface area contributed by atoms with Crippen LogP contribution in [0.2, 0.25) is 0 Å². The number of hydrogen-bond acceptors (Lipinski definition) is 6. The average Bonchev–Trinajstić information content (AvgIpc) is 3.17. The molecule has 0 spiro atoms. The lowest BCUT2D eigenvalue weighted by molar-refractivity contribution is -0.115. The first-order valence-electron chi connectivity index (χ1n) is 10.7. The zero-order valence-electron chi connectivity index (χ0n) is 18.8. The minimum atomic E-state index is -0.554. The number of aromatic nitrogens is 1. The van der Waals surface area contributed by atoms with Crippen LogP contribution in [0.5, 0.6) is 0 Å². The Hall–Kier alpha value is -3.46. The minimum Gasteiger partial charge on any atom is -0.444 e. The molecule has 0 saturated heterocycles. The van der Waals surface area contributed by atoms with Gasteiger partial charge in [-0.05, 0) is 43.7 Å². The largest absolute Gasteiger partial charge is 0.444 e. The van der Waals surface area contributed by atoms with E-state index in [4.69, 9.17) is 4.74 Å². The van der Waals surface area contributed by atoms with Crippen LogP contribution in [0.3, 0.4) is 0 Å². The molecule has 9 heteroatoms. The predicted octanol–water partition coefficient (Wildman–Crippen LogP) is 3.96. The molecular formula is C24H26N4O4S. The van der Waals surface area contributed by atoms with E-state index in [-0.39, 0.29) is 24.5 Å². The second-order valence-electron chi connectivity index (χ2n) is 8.83. The maximum Gasteiger partial charge on any atom is 0.410 e. The molecule has 3 amide bonds. The highest BCUT2D eigenvalue weighted by Gasteiger charge is 2.28. The zero-order valence-corrected chi connectivity index (χ0v) is 19.6. The lowest BCUT2D eigenvalue weighted by Gasteiger charge is -2.29. The molecule has 2 N–H and O–H groups in total. The number of carbonyl (C=O) groups is 3. The Kier molecular flexibility index (Phi) is 6.33. The smallest absolute Gasteiger partial charge is 0.410 e. The van der Waals surface area contributed by atoms with Gasteiger partial charge in [0.05, 0.1) is 18.8 Å². The highest BCUT2D eigenvalue weighted by molar-refractivity contribution is 7.15. The van der Waals surface area contributed by atoms with Crippen LogP contribution in [0.4, 0.5) is 9.93 Å². The molecule has 0 aliphatic carbocycles. The third-order valence-electron chi connectivity index (χ3n) is 5.05. The molecule has 1 aliphatic heterocycles. The quantitative estimate of drug-likeness (QED) is 0.606. The van der Waals surface area contributed by atoms with Gasteiger partial charge in [0.1, 0.15) is 5.60 Å². The SMILES string of the molecule is CC(C)(C)OC(=O)N1CCc2nc(NC(=O)CNC(=O)c3ccc4ccccc4c3)sc2C1. The van der Waals surface area contributed by atoms with Crippen molar-refractivity contribution in [2.75, 3.05) is 18.4 Å². The van der Waals surface area contributed by atoms with Crippen LogP contribution in [0, 0.1) is 0 Å². The number of carbonyl (C=O) groups excluding carboxylic acids is 3. The van der Waals surface area contributed by atoms with Crippen LogP contribution >= 0.6 is 11.3 Å². The number of nitrogens with one attached hydrogen (secondary N) is 2. The van der Waals surface area contributed by atoms with E-state index in [1.807, 2.05) is 51.1 Å². The van der Waals surface area contributed by atoms with Gasteiger partial charge in [0, 0.05) is 23.4 Å². The number of thiazole rings is 1. The minimum absolute atomic E-state index is 0.167. The van der Waals surface area contributed by atoms with Crippen molar-refractivity contribution in [1.29, 1.82) is 0 Å². The summed E-state index contributed by atoms with van der Waals surface area (Å²) in [6.07, 6.45) is 0.239. The fourth-order valence-corrected chi connectivity index (χ4v) is 4.53. The summed E-state index contributed by atoms with van der Waals surface area (Å²) in [5, 5.41) is 7.84. The van der Waals surface area contributed by atoms with Gasteiger partial charge >= 0.3 is 6.09 Å². The molecule has 0 bridgehead atoms. The van der Waals surface area contributed by atoms with Crippen LogP contribution in [0.15, 0.2) is 42.5 Å². The number of fused-ring (bicyclic) bond motifs is 2. The monoisotopic (exact) mass is 466 g/mol. The number of hydrogen-bond donors (Lipinski definition) is 2. The highest BCUT2D eigenvalue weighted by atomic mass is 32.1. The Morgan fingerprint density at radius 2 is 1.88 bits per heavy atom. The predicted molar refractivity (Wildman–Crippen MR) is 127 cm³/mol. The molecule has 0 fully saturated rings. The van der Waals surface area contributed by atoms with Crippen molar-refractivity contribution in [1.82, 2.24) is 15.2 Å². The van der Waals surface area contributed by atoms with Gasteiger partial charge in [-0.1, -0.05) is 41.7 Å². The van der Waals surface area contributed by atoms with Gasteiger partial charge in [-0.25, -0.2) is 9.78 Å². The molecule has 0 saturated carbocycles. The number of rotatable bonds is 4. The Balaban J connectivity index is 1.31. The molecule has 33 heavy (non-hydrogen) atoms. The maximum absolute atomic E-state index is 12.4. The standard InChI is InChI=1S/C24H26N4O4S/c1-24(2,3)32-23(31)28-11-10-18-19(14-28)33-22(26-18)27-20(29)13-25-21(30)17-9-8-15-6-4-5-7-16(15)12-17/h4-9,12H,10-11,13-14H2,1-3H3,(H,25,30)(H,26,27,29). The summed E-state index contributed by atoms with van der Waals surface area (Å²) >= 11 is 1.33. The van der Waals surface area contributed by atoms with E-state index in [0.29, 0.717) is 30.2 Å². The maximum atomic E-state index is 12.4. The second kappa shape index (κ2) is 9.19. The summed E-state index contributed by atoms with van der Waals surface area (Å²) in [5.41, 5.74) is 0.810. The summed E-state index contributed by atoms with van der Waals surface area (Å²) < 4.78 is 5.44. The number of nitrogens with zero attached hydrogens (tertiary/aromatic N) is 2. The van der Waals surface area contributed by atoms with Crippen molar-refractivity contribution in [3.8, 4) is 0 Å². The van der Waals surface area contributed by atoms with E-state index in [0.717, 1.165) is 21.3 Å². The van der Waals surface area contributed by atoms with Gasteiger partial charge in [0.25, 0.3) is 5.91 Å². The lowest BCUT2D eigenvalue weighted by Crippen LogP contribution is -2.39. The fourth-order valence-electron chi connectivity index (χ4n) is 3.49. The van der Waals surface area contributed by atoms with Gasteiger partial charge in [0.15, 0.2) is 5.13 Å². The molecule has 0 unspecified atom stereocenters. The number of benzene rings is 2. The first kappa shape index (κ1) is 22.7. The molecule has 8 nitrogen and oxygen atoms in total. The van der Waals surface area contributed by atoms with E-state index >= 15 is 0 Å². The normalized spacial score (nSPS) is 13.4. The fraction of sp³-hybridized carbons (Fsp3) is 0.333. The molecule has 2 heterocycles. The van der Waals surface area contributed by atoms with Crippen molar-refractivity contribution >= 4 is 45.1 Å². The molecular weight excluding hydrogens is 440 g/mol. The molecule has 3 aromatic rings. The van der Waals surface area contributed by atoms with Crippen LogP contribution < -0.4 is 10.6 Å². The second-order valence-corrected chi connectivity index (χ2v) is 9.92. The van der Waals surface area contributed by atoms with Crippen LogP contribution in [-0.4, -0.2) is 46.5 Å². The number of ether oxygens (including phenoxy) is 1. The average molecular weight is 467 g/mol. The third kappa shape index (κ3) is 5.67. The first-order valence-corrected chi connectivity index (χ1v) is 11.5. The summed E-state index contributed by atoms with van der Waals surface area (Å²) in [6.45, 7) is 6.25. The zero-order chi connectivity index (χ0) is 23.6. The lowest BCUT2D eigenvalue weighted by atomic mass is 10.1. The molecule has 1 aromatic heterocycles. The van der Waals surface area contributed by atoms with E-state index in [1.54, 1.807) is 17.0 Å². The number of anilines is 1. The van der Waals surface area contributed by atoms with Crippen molar-refractivity contribution < 1.29 is 19.1 Å². The van der Waals surface area contributed by atoms with Gasteiger partial charge in [0.2, 0.25) is 5.91 Å². The van der Waals surface area contributed by atoms with E-state index in [2.05, 4.69) is 15.6 Å². The van der Waals surface area contributed by atoms with Crippen LogP contribution in [-0.2, 0) is 22.5 Å². The summed E-state index contributed by atoms with van der Waals surface area (Å²) in [5.74, 6) is -0.679. The Labute approximate surface area is 195 Å². The molecule has 1 aliphatic rings. The Morgan fingerprint density at radius 3 is 2.64 bits per heavy atom.